The van der Waals surface area contributed by atoms with Crippen LogP contribution in [0.3, 0.4) is 0 Å². The highest BCUT2D eigenvalue weighted by Crippen LogP contribution is 2.19. The van der Waals surface area contributed by atoms with E-state index in [4.69, 9.17) is 5.73 Å². The van der Waals surface area contributed by atoms with E-state index in [-0.39, 0.29) is 0 Å². The summed E-state index contributed by atoms with van der Waals surface area (Å²) in [4.78, 5) is 4.01. The summed E-state index contributed by atoms with van der Waals surface area (Å²) < 4.78 is 3.13. The smallest absolute Gasteiger partial charge is 0.0949 e. The molecule has 0 aliphatic carbocycles. The topological polar surface area (TPSA) is 43.8 Å². The number of imidazole rings is 1. The lowest BCUT2D eigenvalue weighted by Gasteiger charge is -2.07. The minimum absolute atomic E-state index is 0.573. The van der Waals surface area contributed by atoms with Gasteiger partial charge >= 0.3 is 0 Å². The molecule has 2 N–H and O–H groups in total. The Balaban J connectivity index is 2.22. The van der Waals surface area contributed by atoms with Crippen molar-refractivity contribution in [1.29, 1.82) is 0 Å². The minimum atomic E-state index is 0.573. The number of aromatic nitrogens is 2. The fourth-order valence-corrected chi connectivity index (χ4v) is 1.97. The Morgan fingerprint density at radius 1 is 1.40 bits per heavy atom. The van der Waals surface area contributed by atoms with Crippen molar-refractivity contribution in [3.63, 3.8) is 0 Å². The van der Waals surface area contributed by atoms with Crippen LogP contribution in [0.4, 0.5) is 0 Å². The summed E-state index contributed by atoms with van der Waals surface area (Å²) in [7, 11) is 0. The van der Waals surface area contributed by atoms with Gasteiger partial charge in [0.05, 0.1) is 6.33 Å². The average Bonchev–Trinajstić information content (AvgIpc) is 2.74. The van der Waals surface area contributed by atoms with E-state index in [2.05, 4.69) is 39.1 Å². The summed E-state index contributed by atoms with van der Waals surface area (Å²) in [6, 6.07) is 6.20. The Hall–Kier alpha value is -1.13. The standard InChI is InChI=1S/C11H12BrN3/c12-11-5-9(6-13)1-2-10(11)7-15-4-3-14-8-15/h1-5,8H,6-7,13H2. The Morgan fingerprint density at radius 3 is 2.87 bits per heavy atom. The van der Waals surface area contributed by atoms with Crippen molar-refractivity contribution in [2.24, 2.45) is 5.73 Å². The number of rotatable bonds is 3. The number of halogens is 1. The third kappa shape index (κ3) is 2.46. The number of benzene rings is 1. The van der Waals surface area contributed by atoms with Crippen LogP contribution in [-0.4, -0.2) is 9.55 Å². The maximum Gasteiger partial charge on any atom is 0.0949 e. The molecule has 1 aromatic carbocycles. The van der Waals surface area contributed by atoms with Crippen molar-refractivity contribution in [3.8, 4) is 0 Å². The van der Waals surface area contributed by atoms with Crippen molar-refractivity contribution in [2.75, 3.05) is 0 Å². The molecule has 3 nitrogen and oxygen atoms in total. The zero-order valence-corrected chi connectivity index (χ0v) is 9.81. The maximum atomic E-state index is 5.57. The molecule has 0 bridgehead atoms. The Bertz CT molecular complexity index is 437. The average molecular weight is 266 g/mol. The van der Waals surface area contributed by atoms with Gasteiger partial charge in [-0.1, -0.05) is 28.1 Å². The first-order valence-electron chi connectivity index (χ1n) is 4.72. The first kappa shape index (κ1) is 10.4. The van der Waals surface area contributed by atoms with Crippen molar-refractivity contribution in [1.82, 2.24) is 9.55 Å². The monoisotopic (exact) mass is 265 g/mol. The lowest BCUT2D eigenvalue weighted by molar-refractivity contribution is 0.793. The fraction of sp³-hybridized carbons (Fsp3) is 0.182. The van der Waals surface area contributed by atoms with Gasteiger partial charge in [-0.3, -0.25) is 0 Å². The summed E-state index contributed by atoms with van der Waals surface area (Å²) in [6.07, 6.45) is 5.54. The van der Waals surface area contributed by atoms with Crippen molar-refractivity contribution in [3.05, 3.63) is 52.5 Å². The van der Waals surface area contributed by atoms with Gasteiger partial charge in [0.15, 0.2) is 0 Å². The van der Waals surface area contributed by atoms with E-state index in [1.54, 1.807) is 6.20 Å². The first-order valence-corrected chi connectivity index (χ1v) is 5.52. The van der Waals surface area contributed by atoms with Gasteiger partial charge in [0.1, 0.15) is 0 Å². The highest BCUT2D eigenvalue weighted by Gasteiger charge is 2.01. The van der Waals surface area contributed by atoms with Crippen LogP contribution >= 0.6 is 15.9 Å². The van der Waals surface area contributed by atoms with Gasteiger partial charge in [-0.15, -0.1) is 0 Å². The molecule has 0 atom stereocenters. The molecule has 0 aliphatic rings. The predicted octanol–water partition coefficient (Wildman–Crippen LogP) is 2.15. The Labute approximate surface area is 97.1 Å². The Kier molecular flexibility index (Phi) is 3.18. The van der Waals surface area contributed by atoms with E-state index in [1.165, 1.54) is 5.56 Å². The molecule has 0 radical (unpaired) electrons. The van der Waals surface area contributed by atoms with Crippen LogP contribution in [0.2, 0.25) is 0 Å². The molecule has 4 heteroatoms. The summed E-state index contributed by atoms with van der Waals surface area (Å²) >= 11 is 3.54. The molecule has 0 unspecified atom stereocenters. The molecule has 0 amide bonds. The van der Waals surface area contributed by atoms with Gasteiger partial charge in [0.25, 0.3) is 0 Å². The maximum absolute atomic E-state index is 5.57. The molecular weight excluding hydrogens is 254 g/mol. The third-order valence-corrected chi connectivity index (χ3v) is 3.00. The number of nitrogens with zero attached hydrogens (tertiary/aromatic N) is 2. The van der Waals surface area contributed by atoms with Crippen molar-refractivity contribution < 1.29 is 0 Å². The highest BCUT2D eigenvalue weighted by atomic mass is 79.9. The Morgan fingerprint density at radius 2 is 2.27 bits per heavy atom. The molecule has 0 saturated heterocycles. The van der Waals surface area contributed by atoms with Crippen LogP contribution in [0.1, 0.15) is 11.1 Å². The highest BCUT2D eigenvalue weighted by molar-refractivity contribution is 9.10. The van der Waals surface area contributed by atoms with Crippen molar-refractivity contribution in [2.45, 2.75) is 13.1 Å². The summed E-state index contributed by atoms with van der Waals surface area (Å²) in [5, 5.41) is 0. The lowest BCUT2D eigenvalue weighted by Crippen LogP contribution is -2.00. The molecule has 0 spiro atoms. The SMILES string of the molecule is NCc1ccc(Cn2ccnc2)c(Br)c1. The largest absolute Gasteiger partial charge is 0.333 e. The van der Waals surface area contributed by atoms with Gasteiger partial charge in [-0.25, -0.2) is 4.98 Å². The second kappa shape index (κ2) is 4.59. The normalized spacial score (nSPS) is 10.5. The predicted molar refractivity (Wildman–Crippen MR) is 63.4 cm³/mol. The molecule has 0 saturated carbocycles. The van der Waals surface area contributed by atoms with Gasteiger partial charge in [-0.2, -0.15) is 0 Å². The van der Waals surface area contributed by atoms with Crippen LogP contribution < -0.4 is 5.73 Å². The summed E-state index contributed by atoms with van der Waals surface area (Å²) in [6.45, 7) is 1.40. The van der Waals surface area contributed by atoms with Gasteiger partial charge in [0, 0.05) is 30.0 Å². The van der Waals surface area contributed by atoms with E-state index in [0.29, 0.717) is 6.54 Å². The van der Waals surface area contributed by atoms with Gasteiger partial charge in [0.2, 0.25) is 0 Å². The second-order valence-electron chi connectivity index (χ2n) is 3.36. The molecule has 0 aliphatic heterocycles. The lowest BCUT2D eigenvalue weighted by atomic mass is 10.1. The van der Waals surface area contributed by atoms with Crippen molar-refractivity contribution >= 4 is 15.9 Å². The molecule has 15 heavy (non-hydrogen) atoms. The van der Waals surface area contributed by atoms with E-state index in [1.807, 2.05) is 17.1 Å². The number of hydrogen-bond acceptors (Lipinski definition) is 2. The molecule has 0 fully saturated rings. The quantitative estimate of drug-likeness (QED) is 0.925. The third-order valence-electron chi connectivity index (χ3n) is 2.27. The van der Waals surface area contributed by atoms with Crippen LogP contribution in [0.15, 0.2) is 41.4 Å². The first-order chi connectivity index (χ1) is 7.29. The molecular formula is C11H12BrN3. The molecule has 2 aromatic rings. The number of nitrogens with two attached hydrogens (primary N) is 1. The molecule has 78 valence electrons. The van der Waals surface area contributed by atoms with E-state index < -0.39 is 0 Å². The summed E-state index contributed by atoms with van der Waals surface area (Å²) in [5.41, 5.74) is 7.93. The van der Waals surface area contributed by atoms with Crippen LogP contribution in [0, 0.1) is 0 Å². The van der Waals surface area contributed by atoms with E-state index >= 15 is 0 Å². The van der Waals surface area contributed by atoms with Gasteiger partial charge < -0.3 is 10.3 Å². The van der Waals surface area contributed by atoms with Gasteiger partial charge in [-0.05, 0) is 17.2 Å². The molecule has 1 heterocycles. The molecule has 1 aromatic heterocycles. The van der Waals surface area contributed by atoms with E-state index in [9.17, 15) is 0 Å². The summed E-state index contributed by atoms with van der Waals surface area (Å²) in [5.74, 6) is 0. The zero-order chi connectivity index (χ0) is 10.7. The van der Waals surface area contributed by atoms with Crippen LogP contribution in [-0.2, 0) is 13.1 Å². The van der Waals surface area contributed by atoms with E-state index in [0.717, 1.165) is 16.6 Å². The minimum Gasteiger partial charge on any atom is -0.333 e. The second-order valence-corrected chi connectivity index (χ2v) is 4.22. The number of hydrogen-bond donors (Lipinski definition) is 1. The molecule has 2 rings (SSSR count). The fourth-order valence-electron chi connectivity index (χ4n) is 1.42. The van der Waals surface area contributed by atoms with Crippen LogP contribution in [0.25, 0.3) is 0 Å². The van der Waals surface area contributed by atoms with Crippen LogP contribution in [0.5, 0.6) is 0 Å². The zero-order valence-electron chi connectivity index (χ0n) is 8.23.